The average molecular weight is 1740 g/mol. The largest absolute Gasteiger partial charge is 0.478 e. The van der Waals surface area contributed by atoms with Crippen LogP contribution >= 0.6 is 0 Å². The summed E-state index contributed by atoms with van der Waals surface area (Å²) in [6.07, 6.45) is 33.8. The van der Waals surface area contributed by atoms with Crippen molar-refractivity contribution in [2.24, 2.45) is 0 Å². The van der Waals surface area contributed by atoms with Gasteiger partial charge in [-0.05, 0) is 148 Å². The first kappa shape index (κ1) is 85.1. The van der Waals surface area contributed by atoms with Crippen LogP contribution in [-0.2, 0) is 19.6 Å². The molecule has 0 amide bonds. The van der Waals surface area contributed by atoms with Crippen molar-refractivity contribution < 1.29 is 54.3 Å². The van der Waals surface area contributed by atoms with E-state index in [1.807, 2.05) is 163 Å². The number of halogens is 6. The fourth-order valence-corrected chi connectivity index (χ4v) is 16.0. The summed E-state index contributed by atoms with van der Waals surface area (Å²) >= 11 is 0. The highest BCUT2D eigenvalue weighted by Gasteiger charge is 2.28. The van der Waals surface area contributed by atoms with Crippen molar-refractivity contribution in [3.63, 3.8) is 0 Å². The molecule has 650 valence electrons. The molecule has 129 heavy (non-hydrogen) atoms. The Balaban J connectivity index is 0.000000121. The first-order chi connectivity index (χ1) is 62.2. The van der Waals surface area contributed by atoms with Crippen LogP contribution in [0.2, 0.25) is 0 Å². The summed E-state index contributed by atoms with van der Waals surface area (Å²) < 4.78 is 111. The highest BCUT2D eigenvalue weighted by molar-refractivity contribution is 5.99. The number of rotatable bonds is 21. The number of pyridine rings is 6. The van der Waals surface area contributed by atoms with E-state index in [0.29, 0.717) is 84.7 Å². The van der Waals surface area contributed by atoms with Gasteiger partial charge in [-0.15, -0.1) is 0 Å². The molecule has 2 unspecified atom stereocenters. The second-order valence-corrected chi connectivity index (χ2v) is 30.9. The van der Waals surface area contributed by atoms with Crippen LogP contribution in [0, 0.1) is 55.4 Å². The summed E-state index contributed by atoms with van der Waals surface area (Å²) in [5, 5.41) is 37.1. The second kappa shape index (κ2) is 35.5. The van der Waals surface area contributed by atoms with E-state index >= 15 is 0 Å². The number of aryl methyl sites for hydroxylation is 8. The van der Waals surface area contributed by atoms with Gasteiger partial charge in [-0.3, -0.25) is 34.6 Å². The smallest absolute Gasteiger partial charge is 0.335 e. The minimum absolute atomic E-state index is 0.0394. The van der Waals surface area contributed by atoms with Crippen molar-refractivity contribution >= 4 is 50.1 Å². The molecule has 30 nitrogen and oxygen atoms in total. The number of hydrogen-bond donors (Lipinski definition) is 1. The third-order valence-corrected chi connectivity index (χ3v) is 22.0. The van der Waals surface area contributed by atoms with Crippen molar-refractivity contribution in [2.45, 2.75) is 127 Å². The molecule has 2 atom stereocenters. The molecule has 0 aliphatic rings. The van der Waals surface area contributed by atoms with Crippen LogP contribution in [0.3, 0.4) is 0 Å². The Labute approximate surface area is 730 Å². The summed E-state index contributed by atoms with van der Waals surface area (Å²) in [7, 11) is 0. The van der Waals surface area contributed by atoms with E-state index in [1.54, 1.807) is 92.4 Å². The predicted molar refractivity (Wildman–Crippen MR) is 466 cm³/mol. The van der Waals surface area contributed by atoms with E-state index in [9.17, 15) is 36.2 Å². The van der Waals surface area contributed by atoms with Gasteiger partial charge in [-0.25, -0.2) is 42.9 Å². The number of aromatic carboxylic acids is 1. The van der Waals surface area contributed by atoms with E-state index in [-0.39, 0.29) is 17.6 Å². The lowest BCUT2D eigenvalue weighted by atomic mass is 10.0. The molecule has 0 bridgehead atoms. The Morgan fingerprint density at radius 1 is 0.388 bits per heavy atom. The molecule has 1 aromatic carbocycles. The summed E-state index contributed by atoms with van der Waals surface area (Å²) in [5.74, 6) is 0.314. The summed E-state index contributed by atoms with van der Waals surface area (Å²) in [6.45, 7) is 14.9. The van der Waals surface area contributed by atoms with Crippen molar-refractivity contribution in [2.75, 3.05) is 0 Å². The molecule has 0 saturated heterocycles. The van der Waals surface area contributed by atoms with E-state index in [2.05, 4.69) is 99.1 Å². The molecule has 0 radical (unpaired) electrons. The highest BCUT2D eigenvalue weighted by Crippen LogP contribution is 2.42. The molecular formula is C93H80F6N24O6. The first-order valence-corrected chi connectivity index (χ1v) is 40.6. The van der Waals surface area contributed by atoms with Crippen LogP contribution < -0.4 is 0 Å². The Morgan fingerprint density at radius 2 is 0.729 bits per heavy atom. The monoisotopic (exact) mass is 1740 g/mol. The number of aromatic nitrogens is 24. The third kappa shape index (κ3) is 17.5. The van der Waals surface area contributed by atoms with E-state index in [0.717, 1.165) is 147 Å². The minimum atomic E-state index is -2.86. The zero-order valence-electron chi connectivity index (χ0n) is 71.2. The predicted octanol–water partition coefficient (Wildman–Crippen LogP) is 20.3. The number of benzene rings is 1. The van der Waals surface area contributed by atoms with E-state index in [4.69, 9.17) is 33.0 Å². The zero-order chi connectivity index (χ0) is 90.2. The van der Waals surface area contributed by atoms with E-state index in [1.165, 1.54) is 29.5 Å². The molecule has 19 heterocycles. The van der Waals surface area contributed by atoms with Crippen LogP contribution in [-0.4, -0.2) is 135 Å². The van der Waals surface area contributed by atoms with Gasteiger partial charge in [-0.1, -0.05) is 44.9 Å². The van der Waals surface area contributed by atoms with Crippen molar-refractivity contribution in [1.82, 2.24) is 118 Å². The number of carboxylic acid groups (broad SMARTS) is 1. The molecule has 19 aromatic heterocycles. The molecule has 20 aromatic rings. The lowest BCUT2D eigenvalue weighted by Crippen LogP contribution is -2.19. The molecule has 1 N–H and O–H groups in total. The van der Waals surface area contributed by atoms with Gasteiger partial charge in [0.1, 0.15) is 41.2 Å². The summed E-state index contributed by atoms with van der Waals surface area (Å²) in [4.78, 5) is 56.5. The molecule has 0 fully saturated rings. The lowest BCUT2D eigenvalue weighted by molar-refractivity contribution is 0.000564. The number of hydrogen-bond acceptors (Lipinski definition) is 22. The van der Waals surface area contributed by atoms with Crippen LogP contribution in [0.1, 0.15) is 125 Å². The van der Waals surface area contributed by atoms with Gasteiger partial charge < -0.3 is 41.5 Å². The highest BCUT2D eigenvalue weighted by atomic mass is 19.3. The Morgan fingerprint density at radius 3 is 1.06 bits per heavy atom. The van der Waals surface area contributed by atoms with Crippen LogP contribution in [0.25, 0.3) is 133 Å². The number of nitrogens with zero attached hydrogens (tertiary/aromatic N) is 24. The summed E-state index contributed by atoms with van der Waals surface area (Å²) in [6, 6.07) is 30.0. The molecule has 0 saturated carbocycles. The number of carboxylic acids is 1. The normalized spacial score (nSPS) is 12.1. The van der Waals surface area contributed by atoms with Gasteiger partial charge in [0.05, 0.1) is 128 Å². The molecule has 0 spiro atoms. The quantitative estimate of drug-likeness (QED) is 0.0653. The van der Waals surface area contributed by atoms with Crippen LogP contribution in [0.4, 0.5) is 26.3 Å². The van der Waals surface area contributed by atoms with Gasteiger partial charge in [0.25, 0.3) is 5.92 Å². The SMILES string of the molecule is Cc1noc(C)c1-c1cnc2c(-c3ccc(C(=O)O)cc3)cn(C(C)c3ccccn3)c2c1.Cc1noc(C)c1-c1cnc2c(-c3cnn(C(F)F)c3)cn(C(C)c3ccccn3)c2c1.Cc1noc(C)c1-c1cnc2c(-c3cnn(C(F)F)c3)cn(Cc3ncccn3)c2c1.Cc1noc(C)c1-c1cnc2c(-c3cnn(CC(C)(F)F)c3)cn(Cc3ncccn3)c2c1. The van der Waals surface area contributed by atoms with Crippen molar-refractivity contribution in [3.8, 4) is 89.0 Å². The Hall–Kier alpha value is -16.0. The second-order valence-electron chi connectivity index (χ2n) is 30.9. The maximum absolute atomic E-state index is 13.5. The standard InChI is InChI=1S/C26H22N4O3.C23H21F2N7O.C23H20F2N6O.C21H17F2N7O/c1-15-24(17(3)33-29-15)20-12-23-25(28-13-20)21(18-7-9-19(10-8-18)26(31)32)14-30(23)16(2)22-6-4-5-11-27-22;1-14-21(15(2)33-30-14)16-7-19-22(28-8-16)18(11-31(19)12-20-26-5-4-6-27-20)17-9-29-32(10-17)13-23(3,24)25;1-13-21(15(3)32-29-13)16-8-20-22(27-9-16)18(17-10-28-31(11-17)23(24)25)12-30(20)14(2)19-6-4-5-7-26-19;1-12-19(13(2)31-28-12)14-6-17-20(26-7-14)16(15-8-27-30(9-15)21(22)23)10-29(17)11-18-24-4-3-5-25-18/h4-14,16H,1-3H3,(H,31,32);4-11H,12-13H2,1-3H3;4-12,14,23H,1-3H3;3-10,21H,11H2,1-2H3. The molecule has 36 heteroatoms. The lowest BCUT2D eigenvalue weighted by Gasteiger charge is -2.15. The Kier molecular flexibility index (Phi) is 23.5. The average Bonchev–Trinajstić information content (AvgIpc) is 1.62. The van der Waals surface area contributed by atoms with Crippen molar-refractivity contribution in [3.05, 3.63) is 295 Å². The number of carbonyl (C=O) groups is 1. The van der Waals surface area contributed by atoms with Gasteiger partial charge in [-0.2, -0.15) is 32.9 Å². The number of alkyl halides is 6. The van der Waals surface area contributed by atoms with Crippen LogP contribution in [0.5, 0.6) is 0 Å². The third-order valence-electron chi connectivity index (χ3n) is 22.0. The topological polar surface area (TPSA) is 343 Å². The Bertz CT molecular complexity index is 7350. The minimum Gasteiger partial charge on any atom is -0.478 e. The van der Waals surface area contributed by atoms with Gasteiger partial charge in [0.15, 0.2) is 0 Å². The first-order valence-electron chi connectivity index (χ1n) is 40.6. The van der Waals surface area contributed by atoms with E-state index < -0.39 is 31.5 Å². The summed E-state index contributed by atoms with van der Waals surface area (Å²) in [5.41, 5.74) is 24.6. The fraction of sp³-hybridized carbons (Fsp3) is 0.204. The number of fused-ring (bicyclic) bond motifs is 4. The maximum Gasteiger partial charge on any atom is 0.335 e. The van der Waals surface area contributed by atoms with Crippen LogP contribution in [0.15, 0.2) is 239 Å². The van der Waals surface area contributed by atoms with Gasteiger partial charge in [0, 0.05) is 196 Å². The fourth-order valence-electron chi connectivity index (χ4n) is 16.0. The molecule has 20 rings (SSSR count). The van der Waals surface area contributed by atoms with Gasteiger partial charge in [0.2, 0.25) is 0 Å². The zero-order valence-corrected chi connectivity index (χ0v) is 71.2. The van der Waals surface area contributed by atoms with Crippen molar-refractivity contribution in [1.29, 1.82) is 0 Å². The molecule has 0 aliphatic carbocycles. The molecule has 0 aliphatic heterocycles. The molecular weight excluding hydrogens is 1660 g/mol. The van der Waals surface area contributed by atoms with Gasteiger partial charge >= 0.3 is 19.1 Å². The maximum atomic E-state index is 13.5.